The monoisotopic (exact) mass is 391 g/mol. The van der Waals surface area contributed by atoms with Crippen molar-refractivity contribution in [1.29, 1.82) is 0 Å². The molecule has 7 heteroatoms. The van der Waals surface area contributed by atoms with Crippen LogP contribution in [0.5, 0.6) is 0 Å². The predicted octanol–water partition coefficient (Wildman–Crippen LogP) is 2.71. The van der Waals surface area contributed by atoms with Crippen molar-refractivity contribution in [3.8, 4) is 0 Å². The van der Waals surface area contributed by atoms with E-state index in [4.69, 9.17) is 10.9 Å². The van der Waals surface area contributed by atoms with Crippen LogP contribution in [0.15, 0.2) is 32.3 Å². The number of hydrogen-bond acceptors (Lipinski definition) is 3. The molecular weight excluding hydrogens is 378 g/mol. The molecule has 0 aliphatic rings. The summed E-state index contributed by atoms with van der Waals surface area (Å²) in [5.41, 5.74) is 6.06. The molecule has 0 spiro atoms. The van der Waals surface area contributed by atoms with Crippen molar-refractivity contribution < 1.29 is 10.0 Å². The molecule has 19 heavy (non-hydrogen) atoms. The van der Waals surface area contributed by atoms with E-state index in [1.165, 1.54) is 0 Å². The summed E-state index contributed by atoms with van der Waals surface area (Å²) in [6, 6.07) is 4.72. The zero-order valence-corrected chi connectivity index (χ0v) is 13.7. The van der Waals surface area contributed by atoms with Gasteiger partial charge in [0.15, 0.2) is 5.84 Å². The molecule has 1 rings (SSSR count). The van der Waals surface area contributed by atoms with Crippen LogP contribution in [-0.4, -0.2) is 23.0 Å². The smallest absolute Gasteiger partial charge is 0.253 e. The summed E-state index contributed by atoms with van der Waals surface area (Å²) in [5, 5.41) is 14.4. The number of carbonyl (C=O) groups excluding carboxylic acids is 1. The van der Waals surface area contributed by atoms with E-state index in [-0.39, 0.29) is 17.7 Å². The number of amides is 1. The first-order chi connectivity index (χ1) is 8.86. The normalized spacial score (nSPS) is 13.4. The maximum atomic E-state index is 12.2. The van der Waals surface area contributed by atoms with Gasteiger partial charge in [0.05, 0.1) is 11.6 Å². The highest BCUT2D eigenvalue weighted by molar-refractivity contribution is 9.11. The van der Waals surface area contributed by atoms with Crippen LogP contribution >= 0.6 is 31.9 Å². The van der Waals surface area contributed by atoms with Crippen molar-refractivity contribution >= 4 is 43.6 Å². The molecule has 0 aromatic heterocycles. The maximum absolute atomic E-state index is 12.2. The van der Waals surface area contributed by atoms with E-state index in [0.29, 0.717) is 10.0 Å². The van der Waals surface area contributed by atoms with Crippen LogP contribution in [0, 0.1) is 5.92 Å². The summed E-state index contributed by atoms with van der Waals surface area (Å²) in [7, 11) is 0. The topological polar surface area (TPSA) is 87.7 Å². The number of rotatable bonds is 4. The number of halogens is 2. The molecule has 0 radical (unpaired) electrons. The van der Waals surface area contributed by atoms with Crippen LogP contribution in [0.2, 0.25) is 0 Å². The Bertz CT molecular complexity index is 504. The standard InChI is InChI=1S/C12H15Br2N3O2/c1-6(2)10(11(15)17-19)16-12(18)8-4-3-7(13)5-9(8)14/h3-6,10,19H,1-2H3,(H2,15,17)(H,16,18). The molecule has 1 aromatic rings. The molecule has 0 heterocycles. The van der Waals surface area contributed by atoms with E-state index >= 15 is 0 Å². The highest BCUT2D eigenvalue weighted by Gasteiger charge is 2.22. The molecule has 104 valence electrons. The summed E-state index contributed by atoms with van der Waals surface area (Å²) in [6.07, 6.45) is 0. The number of carbonyl (C=O) groups is 1. The van der Waals surface area contributed by atoms with Gasteiger partial charge in [-0.15, -0.1) is 0 Å². The van der Waals surface area contributed by atoms with Gasteiger partial charge in [0, 0.05) is 8.95 Å². The predicted molar refractivity (Wildman–Crippen MR) is 81.3 cm³/mol. The number of nitrogens with one attached hydrogen (secondary N) is 1. The third-order valence-electron chi connectivity index (χ3n) is 2.56. The van der Waals surface area contributed by atoms with Gasteiger partial charge in [-0.25, -0.2) is 0 Å². The van der Waals surface area contributed by atoms with E-state index in [1.54, 1.807) is 18.2 Å². The van der Waals surface area contributed by atoms with Crippen LogP contribution in [-0.2, 0) is 0 Å². The minimum Gasteiger partial charge on any atom is -0.409 e. The van der Waals surface area contributed by atoms with Crippen LogP contribution in [0.4, 0.5) is 0 Å². The molecule has 0 bridgehead atoms. The largest absolute Gasteiger partial charge is 0.409 e. The molecule has 1 unspecified atom stereocenters. The number of nitrogens with zero attached hydrogens (tertiary/aromatic N) is 1. The number of oxime groups is 1. The molecule has 1 aromatic carbocycles. The van der Waals surface area contributed by atoms with Crippen LogP contribution in [0.3, 0.4) is 0 Å². The fourth-order valence-electron chi connectivity index (χ4n) is 1.54. The molecule has 1 atom stereocenters. The lowest BCUT2D eigenvalue weighted by Crippen LogP contribution is -2.47. The summed E-state index contributed by atoms with van der Waals surface area (Å²) >= 11 is 6.65. The second-order valence-corrected chi connectivity index (χ2v) is 6.11. The zero-order chi connectivity index (χ0) is 14.6. The highest BCUT2D eigenvalue weighted by Crippen LogP contribution is 2.22. The van der Waals surface area contributed by atoms with E-state index in [1.807, 2.05) is 13.8 Å². The number of amidine groups is 1. The van der Waals surface area contributed by atoms with Gasteiger partial charge in [0.1, 0.15) is 0 Å². The lowest BCUT2D eigenvalue weighted by molar-refractivity contribution is 0.0938. The van der Waals surface area contributed by atoms with Crippen LogP contribution in [0.25, 0.3) is 0 Å². The van der Waals surface area contributed by atoms with E-state index in [0.717, 1.165) is 4.47 Å². The van der Waals surface area contributed by atoms with Crippen molar-refractivity contribution in [2.75, 3.05) is 0 Å². The molecular formula is C12H15Br2N3O2. The second-order valence-electron chi connectivity index (χ2n) is 4.34. The number of nitrogens with two attached hydrogens (primary N) is 1. The summed E-state index contributed by atoms with van der Waals surface area (Å²) in [5.74, 6) is -0.296. The van der Waals surface area contributed by atoms with E-state index in [2.05, 4.69) is 42.3 Å². The van der Waals surface area contributed by atoms with E-state index in [9.17, 15) is 4.79 Å². The van der Waals surface area contributed by atoms with Crippen LogP contribution in [0.1, 0.15) is 24.2 Å². The molecule has 0 saturated carbocycles. The number of hydrogen-bond donors (Lipinski definition) is 3. The molecule has 5 nitrogen and oxygen atoms in total. The molecule has 0 fully saturated rings. The Morgan fingerprint density at radius 2 is 2.05 bits per heavy atom. The summed E-state index contributed by atoms with van der Waals surface area (Å²) in [6.45, 7) is 3.75. The second kappa shape index (κ2) is 6.91. The van der Waals surface area contributed by atoms with Gasteiger partial charge >= 0.3 is 0 Å². The average Bonchev–Trinajstić information content (AvgIpc) is 2.34. The third kappa shape index (κ3) is 4.21. The maximum Gasteiger partial charge on any atom is 0.253 e. The lowest BCUT2D eigenvalue weighted by atomic mass is 10.0. The Balaban J connectivity index is 2.94. The van der Waals surface area contributed by atoms with Gasteiger partial charge in [-0.2, -0.15) is 0 Å². The van der Waals surface area contributed by atoms with Gasteiger partial charge in [0.25, 0.3) is 5.91 Å². The van der Waals surface area contributed by atoms with Crippen molar-refractivity contribution in [2.24, 2.45) is 16.8 Å². The summed E-state index contributed by atoms with van der Waals surface area (Å²) in [4.78, 5) is 12.2. The van der Waals surface area contributed by atoms with Gasteiger partial charge in [-0.3, -0.25) is 4.79 Å². The van der Waals surface area contributed by atoms with Gasteiger partial charge in [0.2, 0.25) is 0 Å². The quantitative estimate of drug-likeness (QED) is 0.318. The van der Waals surface area contributed by atoms with E-state index < -0.39 is 6.04 Å². The molecule has 0 saturated heterocycles. The summed E-state index contributed by atoms with van der Waals surface area (Å²) < 4.78 is 1.54. The minimum absolute atomic E-state index is 0.00840. The fraction of sp³-hybridized carbons (Fsp3) is 0.333. The Morgan fingerprint density at radius 3 is 2.53 bits per heavy atom. The lowest BCUT2D eigenvalue weighted by Gasteiger charge is -2.21. The van der Waals surface area contributed by atoms with Gasteiger partial charge in [-0.1, -0.05) is 34.9 Å². The Hall–Kier alpha value is -1.08. The minimum atomic E-state index is -0.520. The molecule has 0 aliphatic heterocycles. The Kier molecular flexibility index (Phi) is 5.81. The third-order valence-corrected chi connectivity index (χ3v) is 3.71. The first-order valence-electron chi connectivity index (χ1n) is 5.60. The van der Waals surface area contributed by atoms with Crippen molar-refractivity contribution in [3.63, 3.8) is 0 Å². The first kappa shape index (κ1) is 16.0. The Labute approximate surface area is 128 Å². The van der Waals surface area contributed by atoms with Gasteiger partial charge in [-0.05, 0) is 40.0 Å². The Morgan fingerprint density at radius 1 is 1.42 bits per heavy atom. The van der Waals surface area contributed by atoms with Crippen molar-refractivity contribution in [2.45, 2.75) is 19.9 Å². The van der Waals surface area contributed by atoms with Crippen LogP contribution < -0.4 is 11.1 Å². The SMILES string of the molecule is CC(C)C(NC(=O)c1ccc(Br)cc1Br)/C(N)=N/O. The highest BCUT2D eigenvalue weighted by atomic mass is 79.9. The molecule has 4 N–H and O–H groups in total. The van der Waals surface area contributed by atoms with Crippen molar-refractivity contribution in [3.05, 3.63) is 32.7 Å². The van der Waals surface area contributed by atoms with Crippen molar-refractivity contribution in [1.82, 2.24) is 5.32 Å². The molecule has 1 amide bonds. The molecule has 0 aliphatic carbocycles. The average molecular weight is 393 g/mol. The first-order valence-corrected chi connectivity index (χ1v) is 7.18. The zero-order valence-electron chi connectivity index (χ0n) is 10.5. The number of benzene rings is 1. The van der Waals surface area contributed by atoms with Gasteiger partial charge < -0.3 is 16.3 Å². The fourth-order valence-corrected chi connectivity index (χ4v) is 2.76.